The molecular weight excluding hydrogens is 354 g/mol. The number of benzene rings is 3. The van der Waals surface area contributed by atoms with Gasteiger partial charge in [-0.15, -0.1) is 0 Å². The van der Waals surface area contributed by atoms with Crippen molar-refractivity contribution in [1.29, 1.82) is 0 Å². The standard InChI is InChI=1S/C23H23NO2S/c1-15-5-9-18(10-6-15)27(25,26)24-17-8-11-19-20-13-16(2)7-12-21(20)23(3,4)22(19)14-17/h5-14,24H,1-4H3. The Morgan fingerprint density at radius 2 is 1.41 bits per heavy atom. The molecule has 0 spiro atoms. The Hall–Kier alpha value is -2.59. The van der Waals surface area contributed by atoms with Gasteiger partial charge in [0.05, 0.1) is 4.90 Å². The highest BCUT2D eigenvalue weighted by Crippen LogP contribution is 2.49. The maximum absolute atomic E-state index is 12.7. The second-order valence-corrected chi connectivity index (χ2v) is 9.54. The molecule has 138 valence electrons. The van der Waals surface area contributed by atoms with Crippen LogP contribution < -0.4 is 4.72 Å². The van der Waals surface area contributed by atoms with Gasteiger partial charge in [-0.25, -0.2) is 8.42 Å². The zero-order valence-electron chi connectivity index (χ0n) is 16.0. The van der Waals surface area contributed by atoms with E-state index < -0.39 is 10.0 Å². The van der Waals surface area contributed by atoms with Gasteiger partial charge in [0.2, 0.25) is 0 Å². The Labute approximate surface area is 161 Å². The lowest BCUT2D eigenvalue weighted by Crippen LogP contribution is -2.16. The van der Waals surface area contributed by atoms with E-state index in [1.54, 1.807) is 24.3 Å². The number of sulfonamides is 1. The third-order valence-corrected chi connectivity index (χ3v) is 6.81. The first-order valence-electron chi connectivity index (χ1n) is 9.04. The molecule has 0 aromatic heterocycles. The SMILES string of the molecule is Cc1ccc(S(=O)(=O)Nc2ccc3c(c2)C(C)(C)c2ccc(C)cc2-3)cc1. The van der Waals surface area contributed by atoms with Gasteiger partial charge in [0.1, 0.15) is 0 Å². The number of rotatable bonds is 3. The van der Waals surface area contributed by atoms with Gasteiger partial charge in [0.15, 0.2) is 0 Å². The first kappa shape index (κ1) is 17.8. The summed E-state index contributed by atoms with van der Waals surface area (Å²) in [6, 6.07) is 19.2. The van der Waals surface area contributed by atoms with Gasteiger partial charge in [-0.3, -0.25) is 4.72 Å². The molecule has 0 unspecified atom stereocenters. The molecule has 0 atom stereocenters. The Balaban J connectivity index is 1.74. The molecule has 3 aromatic rings. The van der Waals surface area contributed by atoms with Crippen molar-refractivity contribution in [3.8, 4) is 11.1 Å². The van der Waals surface area contributed by atoms with Crippen LogP contribution in [0, 0.1) is 13.8 Å². The Morgan fingerprint density at radius 3 is 2.11 bits per heavy atom. The highest BCUT2D eigenvalue weighted by molar-refractivity contribution is 7.92. The van der Waals surface area contributed by atoms with Gasteiger partial charge in [-0.05, 0) is 60.4 Å². The number of hydrogen-bond acceptors (Lipinski definition) is 2. The predicted octanol–water partition coefficient (Wildman–Crippen LogP) is 5.41. The van der Waals surface area contributed by atoms with Crippen LogP contribution in [-0.4, -0.2) is 8.42 Å². The summed E-state index contributed by atoms with van der Waals surface area (Å²) in [5, 5.41) is 0. The molecule has 27 heavy (non-hydrogen) atoms. The van der Waals surface area contributed by atoms with Crippen molar-refractivity contribution in [2.75, 3.05) is 4.72 Å². The van der Waals surface area contributed by atoms with E-state index in [1.165, 1.54) is 22.3 Å². The van der Waals surface area contributed by atoms with Gasteiger partial charge >= 0.3 is 0 Å². The molecule has 0 heterocycles. The maximum atomic E-state index is 12.7. The van der Waals surface area contributed by atoms with Gasteiger partial charge < -0.3 is 0 Å². The largest absolute Gasteiger partial charge is 0.280 e. The lowest BCUT2D eigenvalue weighted by atomic mass is 9.82. The van der Waals surface area contributed by atoms with Crippen LogP contribution in [0.5, 0.6) is 0 Å². The molecule has 0 fully saturated rings. The molecule has 0 aliphatic heterocycles. The third-order valence-electron chi connectivity index (χ3n) is 5.41. The minimum atomic E-state index is -3.61. The van der Waals surface area contributed by atoms with E-state index in [2.05, 4.69) is 43.7 Å². The quantitative estimate of drug-likeness (QED) is 0.663. The third kappa shape index (κ3) is 2.94. The molecule has 0 amide bonds. The smallest absolute Gasteiger partial charge is 0.261 e. The van der Waals surface area contributed by atoms with Crippen LogP contribution in [0.25, 0.3) is 11.1 Å². The number of fused-ring (bicyclic) bond motifs is 3. The summed E-state index contributed by atoms with van der Waals surface area (Å²) < 4.78 is 28.2. The second-order valence-electron chi connectivity index (χ2n) is 7.85. The molecule has 0 saturated heterocycles. The zero-order chi connectivity index (χ0) is 19.4. The molecule has 0 bridgehead atoms. The lowest BCUT2D eigenvalue weighted by Gasteiger charge is -2.22. The van der Waals surface area contributed by atoms with E-state index in [0.717, 1.165) is 11.1 Å². The first-order valence-corrected chi connectivity index (χ1v) is 10.5. The summed E-state index contributed by atoms with van der Waals surface area (Å²) in [6.45, 7) is 8.40. The molecule has 4 rings (SSSR count). The number of hydrogen-bond donors (Lipinski definition) is 1. The molecule has 0 radical (unpaired) electrons. The van der Waals surface area contributed by atoms with Crippen molar-refractivity contribution < 1.29 is 8.42 Å². The average molecular weight is 378 g/mol. The van der Waals surface area contributed by atoms with E-state index in [1.807, 2.05) is 25.1 Å². The Kier molecular flexibility index (Phi) is 3.93. The van der Waals surface area contributed by atoms with Crippen LogP contribution >= 0.6 is 0 Å². The topological polar surface area (TPSA) is 46.2 Å². The normalized spacial score (nSPS) is 14.5. The molecule has 0 saturated carbocycles. The van der Waals surface area contributed by atoms with Crippen LogP contribution in [0.15, 0.2) is 65.6 Å². The summed E-state index contributed by atoms with van der Waals surface area (Å²) in [7, 11) is -3.61. The fraction of sp³-hybridized carbons (Fsp3) is 0.217. The van der Waals surface area contributed by atoms with E-state index in [-0.39, 0.29) is 10.3 Å². The van der Waals surface area contributed by atoms with Crippen LogP contribution in [0.3, 0.4) is 0 Å². The van der Waals surface area contributed by atoms with Crippen LogP contribution in [0.2, 0.25) is 0 Å². The Bertz CT molecular complexity index is 1140. The lowest BCUT2D eigenvalue weighted by molar-refractivity contribution is 0.601. The van der Waals surface area contributed by atoms with E-state index in [9.17, 15) is 8.42 Å². The minimum absolute atomic E-state index is 0.163. The molecule has 3 nitrogen and oxygen atoms in total. The van der Waals surface area contributed by atoms with Crippen molar-refractivity contribution in [3.05, 3.63) is 82.9 Å². The van der Waals surface area contributed by atoms with E-state index in [4.69, 9.17) is 0 Å². The minimum Gasteiger partial charge on any atom is -0.280 e. The van der Waals surface area contributed by atoms with E-state index in [0.29, 0.717) is 5.69 Å². The molecule has 1 aliphatic carbocycles. The summed E-state index contributed by atoms with van der Waals surface area (Å²) in [5.74, 6) is 0. The van der Waals surface area contributed by atoms with Gasteiger partial charge in [0.25, 0.3) is 10.0 Å². The molecule has 1 aliphatic rings. The van der Waals surface area contributed by atoms with Crippen molar-refractivity contribution in [2.45, 2.75) is 38.0 Å². The fourth-order valence-corrected chi connectivity index (χ4v) is 4.91. The van der Waals surface area contributed by atoms with Crippen molar-refractivity contribution in [2.24, 2.45) is 0 Å². The predicted molar refractivity (Wildman–Crippen MR) is 111 cm³/mol. The fourth-order valence-electron chi connectivity index (χ4n) is 3.86. The summed E-state index contributed by atoms with van der Waals surface area (Å²) in [4.78, 5) is 0.270. The molecule has 3 aromatic carbocycles. The van der Waals surface area contributed by atoms with Crippen molar-refractivity contribution in [1.82, 2.24) is 0 Å². The van der Waals surface area contributed by atoms with Gasteiger partial charge in [-0.2, -0.15) is 0 Å². The number of anilines is 1. The summed E-state index contributed by atoms with van der Waals surface area (Å²) in [6.07, 6.45) is 0. The van der Waals surface area contributed by atoms with Crippen LogP contribution in [0.4, 0.5) is 5.69 Å². The van der Waals surface area contributed by atoms with Crippen LogP contribution in [0.1, 0.15) is 36.1 Å². The van der Waals surface area contributed by atoms with E-state index >= 15 is 0 Å². The molecule has 1 N–H and O–H groups in total. The monoisotopic (exact) mass is 377 g/mol. The average Bonchev–Trinajstić information content (AvgIpc) is 2.82. The highest BCUT2D eigenvalue weighted by atomic mass is 32.2. The molecular formula is C23H23NO2S. The van der Waals surface area contributed by atoms with Crippen LogP contribution in [-0.2, 0) is 15.4 Å². The summed E-state index contributed by atoms with van der Waals surface area (Å²) >= 11 is 0. The number of nitrogens with one attached hydrogen (secondary N) is 1. The van der Waals surface area contributed by atoms with Gasteiger partial charge in [-0.1, -0.05) is 61.4 Å². The number of aryl methyl sites for hydroxylation is 2. The first-order chi connectivity index (χ1) is 12.7. The Morgan fingerprint density at radius 1 is 0.741 bits per heavy atom. The maximum Gasteiger partial charge on any atom is 0.261 e. The second kappa shape index (κ2) is 5.96. The molecule has 4 heteroatoms. The van der Waals surface area contributed by atoms with Crippen molar-refractivity contribution >= 4 is 15.7 Å². The summed E-state index contributed by atoms with van der Waals surface area (Å²) in [5.41, 5.74) is 7.52. The van der Waals surface area contributed by atoms with Crippen molar-refractivity contribution in [3.63, 3.8) is 0 Å². The van der Waals surface area contributed by atoms with Gasteiger partial charge in [0, 0.05) is 11.1 Å². The zero-order valence-corrected chi connectivity index (χ0v) is 16.8. The highest BCUT2D eigenvalue weighted by Gasteiger charge is 2.35.